The second-order valence-electron chi connectivity index (χ2n) is 8.07. The summed E-state index contributed by atoms with van der Waals surface area (Å²) in [4.78, 5) is 4.49. The van der Waals surface area contributed by atoms with Gasteiger partial charge in [0, 0.05) is 33.3 Å². The molecule has 0 N–H and O–H groups in total. The molecule has 5 rings (SSSR count). The molecule has 0 bridgehead atoms. The number of hydrogen-bond donors (Lipinski definition) is 0. The van der Waals surface area contributed by atoms with Crippen molar-refractivity contribution in [2.45, 2.75) is 6.42 Å². The van der Waals surface area contributed by atoms with Crippen molar-refractivity contribution < 1.29 is 17.6 Å². The van der Waals surface area contributed by atoms with Gasteiger partial charge < -0.3 is 4.48 Å². The van der Waals surface area contributed by atoms with Gasteiger partial charge in [0.05, 0.1) is 11.0 Å². The first-order chi connectivity index (χ1) is 17.0. The Morgan fingerprint density at radius 3 is 2.69 bits per heavy atom. The Labute approximate surface area is 199 Å². The van der Waals surface area contributed by atoms with E-state index in [9.17, 15) is 0 Å². The van der Waals surface area contributed by atoms with Crippen molar-refractivity contribution in [1.82, 2.24) is 9.46 Å². The standard InChI is InChI=1S/C28H19BF4N2/c1-2-3-11-23(32)28(33)29(25-21(30)12-5-6-13-22(25)31)35-24-14-7-4-10-19(24)20-16-15-18-9-8-17-34-26(18)27(20)35/h2-5,7-17H,1,6H2/b11-3-,28-23+. The maximum absolute atomic E-state index is 16.0. The molecule has 4 aromatic rings. The van der Waals surface area contributed by atoms with Crippen molar-refractivity contribution in [2.75, 3.05) is 0 Å². The number of benzene rings is 2. The van der Waals surface area contributed by atoms with Crippen LogP contribution in [0.3, 0.4) is 0 Å². The average Bonchev–Trinajstić information content (AvgIpc) is 3.12. The molecule has 0 radical (unpaired) electrons. The lowest BCUT2D eigenvalue weighted by atomic mass is 9.52. The summed E-state index contributed by atoms with van der Waals surface area (Å²) in [5, 5.41) is 2.19. The van der Waals surface area contributed by atoms with Gasteiger partial charge in [-0.3, -0.25) is 4.98 Å². The molecule has 0 atom stereocenters. The topological polar surface area (TPSA) is 17.8 Å². The van der Waals surface area contributed by atoms with Gasteiger partial charge in [0.1, 0.15) is 23.2 Å². The third-order valence-corrected chi connectivity index (χ3v) is 6.03. The van der Waals surface area contributed by atoms with E-state index in [1.54, 1.807) is 24.4 Å². The SMILES string of the molecule is C=C/C=C\C(F)=C(/F)B(C1=C(F)C=CCC=C1F)n1c2ccccc2c2ccc3cccnc3c21. The third-order valence-electron chi connectivity index (χ3n) is 6.03. The Hall–Kier alpha value is -4.13. The van der Waals surface area contributed by atoms with Gasteiger partial charge in [-0.05, 0) is 36.8 Å². The molecule has 0 spiro atoms. The number of fused-ring (bicyclic) bond motifs is 5. The highest BCUT2D eigenvalue weighted by atomic mass is 19.2. The molecule has 172 valence electrons. The van der Waals surface area contributed by atoms with Crippen LogP contribution in [-0.4, -0.2) is 16.3 Å². The van der Waals surface area contributed by atoms with Crippen LogP contribution < -0.4 is 0 Å². The summed E-state index contributed by atoms with van der Waals surface area (Å²) in [6, 6.07) is 14.4. The van der Waals surface area contributed by atoms with Gasteiger partial charge in [-0.1, -0.05) is 61.2 Å². The molecule has 0 saturated carbocycles. The molecule has 0 fully saturated rings. The van der Waals surface area contributed by atoms with Crippen LogP contribution in [0, 0.1) is 0 Å². The molecule has 2 heterocycles. The highest BCUT2D eigenvalue weighted by Gasteiger charge is 2.38. The van der Waals surface area contributed by atoms with Gasteiger partial charge in [-0.2, -0.15) is 0 Å². The van der Waals surface area contributed by atoms with Crippen LogP contribution in [0.1, 0.15) is 6.42 Å². The number of allylic oxidation sites excluding steroid dienone is 10. The van der Waals surface area contributed by atoms with Crippen LogP contribution in [0.4, 0.5) is 17.6 Å². The first-order valence-electron chi connectivity index (χ1n) is 11.1. The minimum Gasteiger partial charge on any atom is -0.372 e. The normalized spacial score (nSPS) is 15.1. The van der Waals surface area contributed by atoms with Crippen LogP contribution >= 0.6 is 0 Å². The summed E-state index contributed by atoms with van der Waals surface area (Å²) in [6.45, 7) is 1.70. The van der Waals surface area contributed by atoms with E-state index in [1.165, 1.54) is 22.7 Å². The van der Waals surface area contributed by atoms with E-state index in [0.717, 1.165) is 29.0 Å². The highest BCUT2D eigenvalue weighted by Crippen LogP contribution is 2.39. The van der Waals surface area contributed by atoms with E-state index in [-0.39, 0.29) is 6.42 Å². The quantitative estimate of drug-likeness (QED) is 0.163. The highest BCUT2D eigenvalue weighted by molar-refractivity contribution is 6.75. The first kappa shape index (κ1) is 22.7. The Balaban J connectivity index is 1.99. The fraction of sp³-hybridized carbons (Fsp3) is 0.0357. The van der Waals surface area contributed by atoms with Gasteiger partial charge in [0.15, 0.2) is 0 Å². The third kappa shape index (κ3) is 3.83. The van der Waals surface area contributed by atoms with Crippen LogP contribution in [0.25, 0.3) is 32.7 Å². The predicted octanol–water partition coefficient (Wildman–Crippen LogP) is 8.19. The zero-order chi connectivity index (χ0) is 24.5. The molecule has 35 heavy (non-hydrogen) atoms. The van der Waals surface area contributed by atoms with E-state index in [1.807, 2.05) is 30.3 Å². The monoisotopic (exact) mass is 470 g/mol. The van der Waals surface area contributed by atoms with Crippen LogP contribution in [0.2, 0.25) is 0 Å². The Morgan fingerprint density at radius 1 is 1.03 bits per heavy atom. The lowest BCUT2D eigenvalue weighted by Crippen LogP contribution is -2.31. The van der Waals surface area contributed by atoms with Crippen LogP contribution in [0.15, 0.2) is 126 Å². The minimum atomic E-state index is -1.77. The lowest BCUT2D eigenvalue weighted by molar-refractivity contribution is 0.580. The zero-order valence-corrected chi connectivity index (χ0v) is 18.6. The van der Waals surface area contributed by atoms with Crippen molar-refractivity contribution in [3.05, 3.63) is 126 Å². The number of hydrogen-bond acceptors (Lipinski definition) is 1. The Kier molecular flexibility index (Phi) is 5.99. The number of aromatic nitrogens is 2. The van der Waals surface area contributed by atoms with E-state index >= 15 is 17.6 Å². The Morgan fingerprint density at radius 2 is 1.86 bits per heavy atom. The van der Waals surface area contributed by atoms with Crippen molar-refractivity contribution in [3.63, 3.8) is 0 Å². The molecule has 1 aliphatic carbocycles. The van der Waals surface area contributed by atoms with Crippen molar-refractivity contribution in [2.24, 2.45) is 0 Å². The van der Waals surface area contributed by atoms with Crippen molar-refractivity contribution in [3.8, 4) is 0 Å². The first-order valence-corrected chi connectivity index (χ1v) is 11.1. The van der Waals surface area contributed by atoms with E-state index in [4.69, 9.17) is 0 Å². The summed E-state index contributed by atoms with van der Waals surface area (Å²) in [5.74, 6) is -3.18. The molecular formula is C28H19BF4N2. The fourth-order valence-electron chi connectivity index (χ4n) is 4.54. The van der Waals surface area contributed by atoms with E-state index in [0.29, 0.717) is 21.9 Å². The molecule has 0 amide bonds. The van der Waals surface area contributed by atoms with Gasteiger partial charge in [0.25, 0.3) is 0 Å². The molecule has 2 aromatic carbocycles. The van der Waals surface area contributed by atoms with Crippen LogP contribution in [0.5, 0.6) is 0 Å². The van der Waals surface area contributed by atoms with Crippen molar-refractivity contribution >= 4 is 39.6 Å². The molecular weight excluding hydrogens is 451 g/mol. The molecule has 1 aliphatic rings. The number of rotatable bonds is 5. The van der Waals surface area contributed by atoms with Gasteiger partial charge in [0.2, 0.25) is 0 Å². The second kappa shape index (κ2) is 9.26. The maximum atomic E-state index is 16.0. The molecule has 7 heteroatoms. The van der Waals surface area contributed by atoms with Gasteiger partial charge >= 0.3 is 6.85 Å². The summed E-state index contributed by atoms with van der Waals surface area (Å²) in [7, 11) is 0. The fourth-order valence-corrected chi connectivity index (χ4v) is 4.54. The van der Waals surface area contributed by atoms with Gasteiger partial charge in [-0.15, -0.1) is 0 Å². The largest absolute Gasteiger partial charge is 0.372 e. The number of para-hydroxylation sites is 1. The number of pyridine rings is 1. The summed E-state index contributed by atoms with van der Waals surface area (Å²) < 4.78 is 63.2. The van der Waals surface area contributed by atoms with Crippen LogP contribution in [-0.2, 0) is 0 Å². The maximum Gasteiger partial charge on any atom is 0.370 e. The van der Waals surface area contributed by atoms with E-state index < -0.39 is 35.5 Å². The zero-order valence-electron chi connectivity index (χ0n) is 18.6. The summed E-state index contributed by atoms with van der Waals surface area (Å²) in [5.41, 5.74) is -0.471. The molecule has 2 nitrogen and oxygen atoms in total. The number of nitrogens with zero attached hydrogens (tertiary/aromatic N) is 2. The molecule has 2 aromatic heterocycles. The predicted molar refractivity (Wildman–Crippen MR) is 136 cm³/mol. The lowest BCUT2D eigenvalue weighted by Gasteiger charge is -2.20. The molecule has 0 unspecified atom stereocenters. The number of halogens is 4. The summed E-state index contributed by atoms with van der Waals surface area (Å²) >= 11 is 0. The van der Waals surface area contributed by atoms with E-state index in [2.05, 4.69) is 11.6 Å². The van der Waals surface area contributed by atoms with Gasteiger partial charge in [-0.25, -0.2) is 17.6 Å². The van der Waals surface area contributed by atoms with Crippen molar-refractivity contribution in [1.29, 1.82) is 0 Å². The average molecular weight is 470 g/mol. The molecule has 0 saturated heterocycles. The smallest absolute Gasteiger partial charge is 0.370 e. The molecule has 0 aliphatic heterocycles. The minimum absolute atomic E-state index is 0.122. The Bertz CT molecular complexity index is 1640. The second-order valence-corrected chi connectivity index (χ2v) is 8.07. The summed E-state index contributed by atoms with van der Waals surface area (Å²) in [6.07, 6.45) is 8.77.